The molecule has 1 aliphatic heterocycles. The Hall–Kier alpha value is -3.87. The van der Waals surface area contributed by atoms with Gasteiger partial charge in [-0.2, -0.15) is 0 Å². The number of amides is 1. The zero-order valence-electron chi connectivity index (χ0n) is 17.7. The maximum absolute atomic E-state index is 12.8. The van der Waals surface area contributed by atoms with E-state index in [-0.39, 0.29) is 12.3 Å². The molecule has 0 saturated carbocycles. The van der Waals surface area contributed by atoms with Crippen LogP contribution in [0.25, 0.3) is 0 Å². The van der Waals surface area contributed by atoms with Gasteiger partial charge >= 0.3 is 5.97 Å². The number of hydrogen-bond acceptors (Lipinski definition) is 5. The number of carboxylic acid groups (broad SMARTS) is 1. The summed E-state index contributed by atoms with van der Waals surface area (Å²) in [4.78, 5) is 32.8. The summed E-state index contributed by atoms with van der Waals surface area (Å²) in [7, 11) is 0. The number of carboxylic acids is 1. The molecule has 1 unspecified atom stereocenters. The van der Waals surface area contributed by atoms with Gasteiger partial charge in [0, 0.05) is 55.5 Å². The second-order valence-corrected chi connectivity index (χ2v) is 7.76. The highest BCUT2D eigenvalue weighted by molar-refractivity contribution is 5.95. The van der Waals surface area contributed by atoms with Crippen LogP contribution in [0.3, 0.4) is 0 Å². The molecule has 2 N–H and O–H groups in total. The lowest BCUT2D eigenvalue weighted by molar-refractivity contribution is -0.137. The molecule has 2 aromatic carbocycles. The van der Waals surface area contributed by atoms with Gasteiger partial charge in [-0.3, -0.25) is 14.6 Å². The Morgan fingerprint density at radius 1 is 0.844 bits per heavy atom. The van der Waals surface area contributed by atoms with Gasteiger partial charge in [0.15, 0.2) is 0 Å². The molecule has 3 aromatic rings. The number of nitrogens with one attached hydrogen (secondary N) is 1. The number of aliphatic carboxylic acids is 1. The highest BCUT2D eigenvalue weighted by Crippen LogP contribution is 2.22. The SMILES string of the molecule is O=C(O)CC(NC(=O)c1ccc(N2CCN(c3ccncc3)CC2)cc1)c1ccccc1. The largest absolute Gasteiger partial charge is 0.481 e. The number of anilines is 2. The fraction of sp³-hybridized carbons (Fsp3) is 0.240. The number of benzene rings is 2. The molecule has 0 bridgehead atoms. The van der Waals surface area contributed by atoms with E-state index in [2.05, 4.69) is 20.1 Å². The Balaban J connectivity index is 1.37. The molecule has 4 rings (SSSR count). The predicted octanol–water partition coefficient (Wildman–Crippen LogP) is 3.35. The normalized spacial score (nSPS) is 14.6. The zero-order chi connectivity index (χ0) is 22.3. The highest BCUT2D eigenvalue weighted by Gasteiger charge is 2.20. The van der Waals surface area contributed by atoms with Gasteiger partial charge in [0.25, 0.3) is 5.91 Å². The molecular formula is C25H26N4O3. The van der Waals surface area contributed by atoms with Gasteiger partial charge in [0.05, 0.1) is 12.5 Å². The molecule has 0 spiro atoms. The summed E-state index contributed by atoms with van der Waals surface area (Å²) in [5.41, 5.74) is 3.53. The van der Waals surface area contributed by atoms with Crippen molar-refractivity contribution in [3.8, 4) is 0 Å². The quantitative estimate of drug-likeness (QED) is 0.598. The smallest absolute Gasteiger partial charge is 0.305 e. The number of carbonyl (C=O) groups is 2. The first-order valence-electron chi connectivity index (χ1n) is 10.7. The minimum atomic E-state index is -0.958. The summed E-state index contributed by atoms with van der Waals surface area (Å²) >= 11 is 0. The Bertz CT molecular complexity index is 1030. The molecule has 7 heteroatoms. The topological polar surface area (TPSA) is 85.8 Å². The molecule has 1 saturated heterocycles. The molecule has 1 atom stereocenters. The minimum Gasteiger partial charge on any atom is -0.481 e. The first-order chi connectivity index (χ1) is 15.6. The summed E-state index contributed by atoms with van der Waals surface area (Å²) in [6.07, 6.45) is 3.45. The van der Waals surface area contributed by atoms with Crippen LogP contribution in [0, 0.1) is 0 Å². The van der Waals surface area contributed by atoms with Crippen LogP contribution in [0.4, 0.5) is 11.4 Å². The summed E-state index contributed by atoms with van der Waals surface area (Å²) in [5, 5.41) is 12.1. The molecule has 1 amide bonds. The lowest BCUT2D eigenvalue weighted by atomic mass is 10.0. The molecule has 32 heavy (non-hydrogen) atoms. The van der Waals surface area contributed by atoms with Crippen LogP contribution in [0.1, 0.15) is 28.4 Å². The van der Waals surface area contributed by atoms with Gasteiger partial charge in [-0.15, -0.1) is 0 Å². The van der Waals surface area contributed by atoms with E-state index >= 15 is 0 Å². The standard InChI is InChI=1S/C25H26N4O3/c30-24(31)18-23(19-4-2-1-3-5-19)27-25(32)20-6-8-21(9-7-20)28-14-16-29(17-15-28)22-10-12-26-13-11-22/h1-13,23H,14-18H2,(H,27,32)(H,30,31). The number of pyridine rings is 1. The summed E-state index contributed by atoms with van der Waals surface area (Å²) in [6, 6.07) is 20.1. The molecule has 7 nitrogen and oxygen atoms in total. The van der Waals surface area contributed by atoms with Gasteiger partial charge < -0.3 is 20.2 Å². The lowest BCUT2D eigenvalue weighted by Crippen LogP contribution is -2.46. The Morgan fingerprint density at radius 2 is 1.41 bits per heavy atom. The number of nitrogens with zero attached hydrogens (tertiary/aromatic N) is 3. The van der Waals surface area contributed by atoms with E-state index in [0.29, 0.717) is 5.56 Å². The molecule has 1 fully saturated rings. The zero-order valence-corrected chi connectivity index (χ0v) is 17.7. The Labute approximate surface area is 187 Å². The van der Waals surface area contributed by atoms with Crippen molar-refractivity contribution in [3.05, 3.63) is 90.3 Å². The van der Waals surface area contributed by atoms with Gasteiger partial charge in [-0.1, -0.05) is 30.3 Å². The molecule has 1 aromatic heterocycles. The molecule has 0 aliphatic carbocycles. The van der Waals surface area contributed by atoms with E-state index in [1.165, 1.54) is 5.69 Å². The van der Waals surface area contributed by atoms with Gasteiger partial charge in [0.1, 0.15) is 0 Å². The summed E-state index contributed by atoms with van der Waals surface area (Å²) in [6.45, 7) is 3.62. The van der Waals surface area contributed by atoms with Crippen molar-refractivity contribution < 1.29 is 14.7 Å². The van der Waals surface area contributed by atoms with Crippen LogP contribution in [0.15, 0.2) is 79.1 Å². The third-order valence-electron chi connectivity index (χ3n) is 5.69. The van der Waals surface area contributed by atoms with Crippen molar-refractivity contribution in [3.63, 3.8) is 0 Å². The molecule has 0 radical (unpaired) electrons. The fourth-order valence-electron chi connectivity index (χ4n) is 3.96. The average molecular weight is 431 g/mol. The van der Waals surface area contributed by atoms with E-state index in [9.17, 15) is 14.7 Å². The average Bonchev–Trinajstić information content (AvgIpc) is 2.84. The highest BCUT2D eigenvalue weighted by atomic mass is 16.4. The number of piperazine rings is 1. The Kier molecular flexibility index (Phi) is 6.65. The fourth-order valence-corrected chi connectivity index (χ4v) is 3.96. The third-order valence-corrected chi connectivity index (χ3v) is 5.69. The van der Waals surface area contributed by atoms with Crippen LogP contribution in [-0.2, 0) is 4.79 Å². The van der Waals surface area contributed by atoms with Gasteiger partial charge in [-0.05, 0) is 42.0 Å². The van der Waals surface area contributed by atoms with Crippen molar-refractivity contribution >= 4 is 23.3 Å². The summed E-state index contributed by atoms with van der Waals surface area (Å²) in [5.74, 6) is -1.24. The second kappa shape index (κ2) is 9.96. The van der Waals surface area contributed by atoms with Crippen molar-refractivity contribution in [2.75, 3.05) is 36.0 Å². The van der Waals surface area contributed by atoms with E-state index in [1.807, 2.05) is 67.0 Å². The number of hydrogen-bond donors (Lipinski definition) is 2. The van der Waals surface area contributed by atoms with Crippen molar-refractivity contribution in [2.45, 2.75) is 12.5 Å². The maximum atomic E-state index is 12.8. The summed E-state index contributed by atoms with van der Waals surface area (Å²) < 4.78 is 0. The lowest BCUT2D eigenvalue weighted by Gasteiger charge is -2.37. The first-order valence-corrected chi connectivity index (χ1v) is 10.7. The number of carbonyl (C=O) groups excluding carboxylic acids is 1. The molecule has 164 valence electrons. The van der Waals surface area contributed by atoms with Crippen LogP contribution >= 0.6 is 0 Å². The van der Waals surface area contributed by atoms with Crippen LogP contribution in [-0.4, -0.2) is 48.1 Å². The number of aromatic nitrogens is 1. The maximum Gasteiger partial charge on any atom is 0.305 e. The van der Waals surface area contributed by atoms with Crippen LogP contribution in [0.5, 0.6) is 0 Å². The van der Waals surface area contributed by atoms with Gasteiger partial charge in [0.2, 0.25) is 0 Å². The number of rotatable bonds is 7. The molecule has 2 heterocycles. The van der Waals surface area contributed by atoms with E-state index in [4.69, 9.17) is 0 Å². The van der Waals surface area contributed by atoms with Crippen molar-refractivity contribution in [2.24, 2.45) is 0 Å². The van der Waals surface area contributed by atoms with E-state index in [1.54, 1.807) is 12.1 Å². The monoisotopic (exact) mass is 430 g/mol. The van der Waals surface area contributed by atoms with Gasteiger partial charge in [-0.25, -0.2) is 0 Å². The van der Waals surface area contributed by atoms with E-state index in [0.717, 1.165) is 37.4 Å². The van der Waals surface area contributed by atoms with Crippen molar-refractivity contribution in [1.82, 2.24) is 10.3 Å². The first kappa shape index (κ1) is 21.4. The van der Waals surface area contributed by atoms with E-state index < -0.39 is 12.0 Å². The molecule has 1 aliphatic rings. The Morgan fingerprint density at radius 3 is 1.97 bits per heavy atom. The third kappa shape index (κ3) is 5.24. The van der Waals surface area contributed by atoms with Crippen LogP contribution < -0.4 is 15.1 Å². The second-order valence-electron chi connectivity index (χ2n) is 7.76. The minimum absolute atomic E-state index is 0.171. The molecular weight excluding hydrogens is 404 g/mol. The van der Waals surface area contributed by atoms with Crippen molar-refractivity contribution in [1.29, 1.82) is 0 Å². The van der Waals surface area contributed by atoms with Crippen LogP contribution in [0.2, 0.25) is 0 Å². The predicted molar refractivity (Wildman–Crippen MR) is 124 cm³/mol.